The minimum Gasteiger partial charge on any atom is -0.462 e. The summed E-state index contributed by atoms with van der Waals surface area (Å²) in [6.45, 7) is 6.18. The van der Waals surface area contributed by atoms with Crippen molar-refractivity contribution in [1.82, 2.24) is 4.98 Å². The Labute approximate surface area is 151 Å². The molecule has 0 radical (unpaired) electrons. The molecule has 5 nitrogen and oxygen atoms in total. The lowest BCUT2D eigenvalue weighted by atomic mass is 10.2. The topological polar surface area (TPSA) is 58.4 Å². The third kappa shape index (κ3) is 4.28. The largest absolute Gasteiger partial charge is 0.462 e. The normalized spacial score (nSPS) is 10.6. The molecule has 25 heavy (non-hydrogen) atoms. The molecule has 6 heteroatoms. The molecule has 2 heterocycles. The van der Waals surface area contributed by atoms with Crippen LogP contribution in [-0.2, 0) is 11.2 Å². The molecule has 1 N–H and O–H groups in total. The molecule has 0 fully saturated rings. The third-order valence-corrected chi connectivity index (χ3v) is 4.81. The molecule has 2 aromatic heterocycles. The van der Waals surface area contributed by atoms with Crippen LogP contribution in [0.5, 0.6) is 0 Å². The molecule has 1 aromatic carbocycles. The summed E-state index contributed by atoms with van der Waals surface area (Å²) < 4.78 is 5.33. The van der Waals surface area contributed by atoms with Crippen LogP contribution >= 0.6 is 11.3 Å². The summed E-state index contributed by atoms with van der Waals surface area (Å²) in [5, 5.41) is 5.60. The van der Waals surface area contributed by atoms with Crippen LogP contribution in [0.1, 0.15) is 19.5 Å². The van der Waals surface area contributed by atoms with Gasteiger partial charge in [0.2, 0.25) is 5.91 Å². The van der Waals surface area contributed by atoms with Crippen LogP contribution in [0.15, 0.2) is 52.5 Å². The Morgan fingerprint density at radius 2 is 1.96 bits per heavy atom. The van der Waals surface area contributed by atoms with Crippen LogP contribution in [0, 0.1) is 0 Å². The van der Waals surface area contributed by atoms with E-state index in [4.69, 9.17) is 4.42 Å². The molecule has 0 aliphatic carbocycles. The number of benzene rings is 1. The first kappa shape index (κ1) is 17.2. The molecule has 0 aliphatic heterocycles. The summed E-state index contributed by atoms with van der Waals surface area (Å²) >= 11 is 1.48. The maximum atomic E-state index is 12.2. The number of carbonyl (C=O) groups excluding carboxylic acids is 1. The number of nitrogens with one attached hydrogen (secondary N) is 1. The van der Waals surface area contributed by atoms with Gasteiger partial charge in [-0.2, -0.15) is 0 Å². The van der Waals surface area contributed by atoms with Gasteiger partial charge in [-0.05, 0) is 50.2 Å². The number of carbonyl (C=O) groups is 1. The van der Waals surface area contributed by atoms with E-state index in [0.717, 1.165) is 40.9 Å². The van der Waals surface area contributed by atoms with Crippen molar-refractivity contribution in [2.75, 3.05) is 23.3 Å². The van der Waals surface area contributed by atoms with Gasteiger partial charge in [-0.25, -0.2) is 4.98 Å². The molecular weight excluding hydrogens is 334 g/mol. The zero-order valence-corrected chi connectivity index (χ0v) is 15.2. The Hall–Kier alpha value is -2.60. The minimum atomic E-state index is -0.0770. The summed E-state index contributed by atoms with van der Waals surface area (Å²) in [6, 6.07) is 11.6. The fourth-order valence-electron chi connectivity index (χ4n) is 2.62. The molecule has 0 bridgehead atoms. The van der Waals surface area contributed by atoms with E-state index in [0.29, 0.717) is 0 Å². The zero-order chi connectivity index (χ0) is 17.6. The summed E-state index contributed by atoms with van der Waals surface area (Å²) in [5.74, 6) is 0.649. The number of aromatic nitrogens is 1. The van der Waals surface area contributed by atoms with Gasteiger partial charge >= 0.3 is 0 Å². The predicted octanol–water partition coefficient (Wildman–Crippen LogP) is 4.43. The van der Waals surface area contributed by atoms with Crippen LogP contribution in [0.4, 0.5) is 11.4 Å². The standard InChI is InChI=1S/C19H21N3O2S/c1-3-22(4-2)16-9-7-14(8-10-16)20-18(23)12-15-13-25-19(21-15)17-6-5-11-24-17/h5-11,13H,3-4,12H2,1-2H3,(H,20,23). The van der Waals surface area contributed by atoms with Crippen LogP contribution in [0.25, 0.3) is 10.8 Å². The van der Waals surface area contributed by atoms with Crippen molar-refractivity contribution in [2.24, 2.45) is 0 Å². The predicted molar refractivity (Wildman–Crippen MR) is 102 cm³/mol. The quantitative estimate of drug-likeness (QED) is 0.681. The second-order valence-corrected chi connectivity index (χ2v) is 6.42. The molecule has 1 amide bonds. The van der Waals surface area contributed by atoms with Crippen molar-refractivity contribution in [3.05, 3.63) is 53.7 Å². The van der Waals surface area contributed by atoms with E-state index in [1.807, 2.05) is 41.8 Å². The van der Waals surface area contributed by atoms with Crippen molar-refractivity contribution < 1.29 is 9.21 Å². The van der Waals surface area contributed by atoms with Gasteiger partial charge in [0.05, 0.1) is 18.4 Å². The summed E-state index contributed by atoms with van der Waals surface area (Å²) in [4.78, 5) is 18.9. The lowest BCUT2D eigenvalue weighted by molar-refractivity contribution is -0.115. The molecule has 3 aromatic rings. The van der Waals surface area contributed by atoms with Gasteiger partial charge in [0.15, 0.2) is 10.8 Å². The van der Waals surface area contributed by atoms with Crippen LogP contribution in [0.3, 0.4) is 0 Å². The highest BCUT2D eigenvalue weighted by Crippen LogP contribution is 2.24. The second-order valence-electron chi connectivity index (χ2n) is 5.57. The number of amides is 1. The first-order valence-electron chi connectivity index (χ1n) is 8.32. The van der Waals surface area contributed by atoms with Crippen molar-refractivity contribution in [3.8, 4) is 10.8 Å². The van der Waals surface area contributed by atoms with Crippen LogP contribution in [-0.4, -0.2) is 24.0 Å². The first-order chi connectivity index (χ1) is 12.2. The lowest BCUT2D eigenvalue weighted by Gasteiger charge is -2.21. The molecule has 0 spiro atoms. The zero-order valence-electron chi connectivity index (χ0n) is 14.4. The SMILES string of the molecule is CCN(CC)c1ccc(NC(=O)Cc2csc(-c3ccco3)n2)cc1. The van der Waals surface area contributed by atoms with Gasteiger partial charge in [0, 0.05) is 29.8 Å². The molecular formula is C19H21N3O2S. The highest BCUT2D eigenvalue weighted by molar-refractivity contribution is 7.13. The number of rotatable bonds is 7. The van der Waals surface area contributed by atoms with Crippen molar-refractivity contribution >= 4 is 28.6 Å². The fraction of sp³-hybridized carbons (Fsp3) is 0.263. The number of furan rings is 1. The number of thiazole rings is 1. The van der Waals surface area contributed by atoms with Crippen molar-refractivity contribution in [2.45, 2.75) is 20.3 Å². The Bertz CT molecular complexity index is 806. The highest BCUT2D eigenvalue weighted by atomic mass is 32.1. The summed E-state index contributed by atoms with van der Waals surface area (Å²) in [5.41, 5.74) is 2.70. The highest BCUT2D eigenvalue weighted by Gasteiger charge is 2.11. The lowest BCUT2D eigenvalue weighted by Crippen LogP contribution is -2.21. The maximum Gasteiger partial charge on any atom is 0.230 e. The van der Waals surface area contributed by atoms with Gasteiger partial charge in [-0.1, -0.05) is 0 Å². The monoisotopic (exact) mass is 355 g/mol. The van der Waals surface area contributed by atoms with E-state index in [2.05, 4.69) is 29.0 Å². The maximum absolute atomic E-state index is 12.2. The number of hydrogen-bond acceptors (Lipinski definition) is 5. The minimum absolute atomic E-state index is 0.0770. The van der Waals surface area contributed by atoms with E-state index >= 15 is 0 Å². The Morgan fingerprint density at radius 3 is 2.60 bits per heavy atom. The molecule has 0 saturated heterocycles. The van der Waals surface area contributed by atoms with E-state index in [1.165, 1.54) is 11.3 Å². The third-order valence-electron chi connectivity index (χ3n) is 3.91. The number of nitrogens with zero attached hydrogens (tertiary/aromatic N) is 2. The van der Waals surface area contributed by atoms with Gasteiger partial charge in [0.25, 0.3) is 0 Å². The average molecular weight is 355 g/mol. The van der Waals surface area contributed by atoms with Crippen LogP contribution < -0.4 is 10.2 Å². The molecule has 130 valence electrons. The van der Waals surface area contributed by atoms with Gasteiger partial charge in [0.1, 0.15) is 0 Å². The Morgan fingerprint density at radius 1 is 1.20 bits per heavy atom. The summed E-state index contributed by atoms with van der Waals surface area (Å²) in [6.07, 6.45) is 1.86. The molecule has 3 rings (SSSR count). The molecule has 0 unspecified atom stereocenters. The smallest absolute Gasteiger partial charge is 0.230 e. The van der Waals surface area contributed by atoms with Gasteiger partial charge in [-0.15, -0.1) is 11.3 Å². The molecule has 0 aliphatic rings. The first-order valence-corrected chi connectivity index (χ1v) is 9.20. The number of hydrogen-bond donors (Lipinski definition) is 1. The fourth-order valence-corrected chi connectivity index (χ4v) is 3.40. The van der Waals surface area contributed by atoms with E-state index in [-0.39, 0.29) is 12.3 Å². The van der Waals surface area contributed by atoms with Gasteiger partial charge in [-0.3, -0.25) is 4.79 Å². The second kappa shape index (κ2) is 7.98. The van der Waals surface area contributed by atoms with Crippen molar-refractivity contribution in [3.63, 3.8) is 0 Å². The molecule has 0 atom stereocenters. The average Bonchev–Trinajstić information content (AvgIpc) is 3.29. The Balaban J connectivity index is 1.59. The van der Waals surface area contributed by atoms with E-state index in [9.17, 15) is 4.79 Å². The van der Waals surface area contributed by atoms with E-state index in [1.54, 1.807) is 6.26 Å². The summed E-state index contributed by atoms with van der Waals surface area (Å²) in [7, 11) is 0. The van der Waals surface area contributed by atoms with E-state index < -0.39 is 0 Å². The van der Waals surface area contributed by atoms with Gasteiger partial charge < -0.3 is 14.6 Å². The Kier molecular flexibility index (Phi) is 5.50. The van der Waals surface area contributed by atoms with Crippen molar-refractivity contribution in [1.29, 1.82) is 0 Å². The number of anilines is 2. The molecule has 0 saturated carbocycles. The van der Waals surface area contributed by atoms with Crippen LogP contribution in [0.2, 0.25) is 0 Å².